The second-order valence-electron chi connectivity index (χ2n) is 5.48. The number of carbonyl (C=O) groups is 1. The average molecular weight is 378 g/mol. The zero-order valence-electron chi connectivity index (χ0n) is 13.7. The predicted octanol–water partition coefficient (Wildman–Crippen LogP) is 4.48. The lowest BCUT2D eigenvalue weighted by Gasteiger charge is -2.11. The number of thiazole rings is 1. The van der Waals surface area contributed by atoms with E-state index in [1.807, 2.05) is 41.8 Å². The van der Waals surface area contributed by atoms with Crippen molar-refractivity contribution in [2.75, 3.05) is 6.54 Å². The van der Waals surface area contributed by atoms with Crippen molar-refractivity contribution in [3.05, 3.63) is 71.2 Å². The lowest BCUT2D eigenvalue weighted by Crippen LogP contribution is -2.29. The van der Waals surface area contributed by atoms with E-state index >= 15 is 0 Å². The smallest absolute Gasteiger partial charge is 0.267 e. The number of rotatable bonds is 4. The third-order valence-corrected chi connectivity index (χ3v) is 5.41. The Labute approximate surface area is 158 Å². The van der Waals surface area contributed by atoms with Gasteiger partial charge in [-0.05, 0) is 41.6 Å². The van der Waals surface area contributed by atoms with Crippen LogP contribution in [0.25, 0.3) is 17.0 Å². The maximum absolute atomic E-state index is 12.8. The van der Waals surface area contributed by atoms with Gasteiger partial charge in [0.05, 0.1) is 10.4 Å². The highest BCUT2D eigenvalue weighted by atomic mass is 32.2. The van der Waals surface area contributed by atoms with Crippen LogP contribution in [0.5, 0.6) is 0 Å². The molecule has 7 heteroatoms. The molecule has 0 aliphatic carbocycles. The summed E-state index contributed by atoms with van der Waals surface area (Å²) in [6, 6.07) is 9.85. The summed E-state index contributed by atoms with van der Waals surface area (Å²) < 4.78 is 0. The van der Waals surface area contributed by atoms with Gasteiger partial charge < -0.3 is 0 Å². The molecule has 3 heterocycles. The number of benzene rings is 1. The molecular weight excluding hydrogens is 364 g/mol. The molecule has 1 amide bonds. The molecule has 0 atom stereocenters. The molecule has 3 aromatic rings. The number of hydrogen-bond acceptors (Lipinski definition) is 6. The van der Waals surface area contributed by atoms with Gasteiger partial charge in [0.1, 0.15) is 0 Å². The molecule has 0 radical (unpaired) electrons. The van der Waals surface area contributed by atoms with E-state index in [4.69, 9.17) is 0 Å². The molecule has 1 aromatic carbocycles. The fourth-order valence-corrected chi connectivity index (χ4v) is 4.12. The van der Waals surface area contributed by atoms with Gasteiger partial charge in [0, 0.05) is 29.7 Å². The Bertz CT molecular complexity index is 1040. The second-order valence-corrected chi connectivity index (χ2v) is 7.36. The molecule has 1 aliphatic rings. The largest absolute Gasteiger partial charge is 0.282 e. The number of amides is 1. The SMILES string of the molecule is C=CCN1C(=O)/C(=C\c2ccc3ncccc3c2)SC1=Nc1nccs1. The van der Waals surface area contributed by atoms with Crippen LogP contribution in [0.1, 0.15) is 5.56 Å². The van der Waals surface area contributed by atoms with Crippen molar-refractivity contribution in [2.45, 2.75) is 0 Å². The van der Waals surface area contributed by atoms with E-state index in [1.54, 1.807) is 23.4 Å². The van der Waals surface area contributed by atoms with Crippen LogP contribution in [0.2, 0.25) is 0 Å². The number of thioether (sulfide) groups is 1. The lowest BCUT2D eigenvalue weighted by molar-refractivity contribution is -0.121. The van der Waals surface area contributed by atoms with E-state index in [2.05, 4.69) is 21.5 Å². The molecule has 0 bridgehead atoms. The molecule has 4 rings (SSSR count). The standard InChI is InChI=1S/C19H14N4OS2/c1-2-9-23-17(24)16(26-19(23)22-18-21-8-10-25-18)12-13-5-6-15-14(11-13)4-3-7-20-15/h2-8,10-12H,1,9H2/b16-12+,22-19?. The molecule has 0 saturated carbocycles. The summed E-state index contributed by atoms with van der Waals surface area (Å²) >= 11 is 2.79. The van der Waals surface area contributed by atoms with Crippen molar-refractivity contribution < 1.29 is 4.79 Å². The fourth-order valence-electron chi connectivity index (χ4n) is 2.57. The Morgan fingerprint density at radius 2 is 2.15 bits per heavy atom. The zero-order chi connectivity index (χ0) is 17.9. The van der Waals surface area contributed by atoms with Crippen molar-refractivity contribution in [3.63, 3.8) is 0 Å². The first-order valence-electron chi connectivity index (χ1n) is 7.90. The molecule has 1 aliphatic heterocycles. The molecule has 26 heavy (non-hydrogen) atoms. The van der Waals surface area contributed by atoms with E-state index < -0.39 is 0 Å². The Kier molecular flexibility index (Phi) is 4.64. The fraction of sp³-hybridized carbons (Fsp3) is 0.0526. The number of fused-ring (bicyclic) bond motifs is 1. The summed E-state index contributed by atoms with van der Waals surface area (Å²) in [5.41, 5.74) is 1.88. The van der Waals surface area contributed by atoms with Crippen molar-refractivity contribution in [1.82, 2.24) is 14.9 Å². The van der Waals surface area contributed by atoms with E-state index in [1.165, 1.54) is 23.1 Å². The minimum atomic E-state index is -0.0727. The zero-order valence-corrected chi connectivity index (χ0v) is 15.3. The highest BCUT2D eigenvalue weighted by molar-refractivity contribution is 8.18. The van der Waals surface area contributed by atoms with Gasteiger partial charge in [-0.1, -0.05) is 18.2 Å². The lowest BCUT2D eigenvalue weighted by atomic mass is 10.1. The quantitative estimate of drug-likeness (QED) is 0.496. The number of aliphatic imine (C=N–C) groups is 1. The van der Waals surface area contributed by atoms with Crippen LogP contribution in [0.15, 0.2) is 70.7 Å². The number of amidine groups is 1. The van der Waals surface area contributed by atoms with Crippen LogP contribution >= 0.6 is 23.1 Å². The Balaban J connectivity index is 1.70. The predicted molar refractivity (Wildman–Crippen MR) is 108 cm³/mol. The number of aromatic nitrogens is 2. The summed E-state index contributed by atoms with van der Waals surface area (Å²) in [4.78, 5) is 28.0. The molecule has 1 fully saturated rings. The number of nitrogens with zero attached hydrogens (tertiary/aromatic N) is 4. The molecule has 0 unspecified atom stereocenters. The highest BCUT2D eigenvalue weighted by Gasteiger charge is 2.32. The maximum atomic E-state index is 12.8. The first kappa shape index (κ1) is 16.7. The number of pyridine rings is 1. The molecular formula is C19H14N4OS2. The van der Waals surface area contributed by atoms with Crippen molar-refractivity contribution in [1.29, 1.82) is 0 Å². The third kappa shape index (κ3) is 3.31. The number of carbonyl (C=O) groups excluding carboxylic acids is 1. The van der Waals surface area contributed by atoms with Gasteiger partial charge in [-0.2, -0.15) is 4.99 Å². The molecule has 1 saturated heterocycles. The summed E-state index contributed by atoms with van der Waals surface area (Å²) in [6.45, 7) is 4.15. The van der Waals surface area contributed by atoms with Gasteiger partial charge in [0.15, 0.2) is 5.17 Å². The Morgan fingerprint density at radius 1 is 1.23 bits per heavy atom. The van der Waals surface area contributed by atoms with Crippen LogP contribution in [-0.2, 0) is 4.79 Å². The minimum absolute atomic E-state index is 0.0727. The summed E-state index contributed by atoms with van der Waals surface area (Å²) in [5.74, 6) is -0.0727. The van der Waals surface area contributed by atoms with Crippen LogP contribution in [0.3, 0.4) is 0 Å². The van der Waals surface area contributed by atoms with Crippen LogP contribution in [0, 0.1) is 0 Å². The second kappa shape index (κ2) is 7.23. The Morgan fingerprint density at radius 3 is 2.96 bits per heavy atom. The topological polar surface area (TPSA) is 58.5 Å². The van der Waals surface area contributed by atoms with Gasteiger partial charge >= 0.3 is 0 Å². The molecule has 5 nitrogen and oxygen atoms in total. The minimum Gasteiger partial charge on any atom is -0.282 e. The monoisotopic (exact) mass is 378 g/mol. The van der Waals surface area contributed by atoms with Crippen molar-refractivity contribution in [3.8, 4) is 0 Å². The molecule has 128 valence electrons. The van der Waals surface area contributed by atoms with Crippen LogP contribution in [0.4, 0.5) is 5.13 Å². The summed E-state index contributed by atoms with van der Waals surface area (Å²) in [7, 11) is 0. The van der Waals surface area contributed by atoms with Crippen LogP contribution < -0.4 is 0 Å². The van der Waals surface area contributed by atoms with E-state index in [0.29, 0.717) is 21.7 Å². The third-order valence-electron chi connectivity index (χ3n) is 3.74. The van der Waals surface area contributed by atoms with Crippen LogP contribution in [-0.4, -0.2) is 32.5 Å². The van der Waals surface area contributed by atoms with E-state index in [0.717, 1.165) is 16.5 Å². The van der Waals surface area contributed by atoms with Gasteiger partial charge in [0.2, 0.25) is 5.13 Å². The average Bonchev–Trinajstić information content (AvgIpc) is 3.26. The first-order valence-corrected chi connectivity index (χ1v) is 9.59. The van der Waals surface area contributed by atoms with Crippen molar-refractivity contribution >= 4 is 56.3 Å². The number of hydrogen-bond donors (Lipinski definition) is 0. The summed E-state index contributed by atoms with van der Waals surface area (Å²) in [5, 5.41) is 4.15. The summed E-state index contributed by atoms with van der Waals surface area (Å²) in [6.07, 6.45) is 7.05. The highest BCUT2D eigenvalue weighted by Crippen LogP contribution is 2.34. The Hall–Kier alpha value is -2.77. The first-order chi connectivity index (χ1) is 12.7. The van der Waals surface area contributed by atoms with E-state index in [-0.39, 0.29) is 5.91 Å². The van der Waals surface area contributed by atoms with Gasteiger partial charge in [-0.15, -0.1) is 17.9 Å². The van der Waals surface area contributed by atoms with Gasteiger partial charge in [-0.25, -0.2) is 4.98 Å². The van der Waals surface area contributed by atoms with Gasteiger partial charge in [-0.3, -0.25) is 14.7 Å². The molecule has 0 spiro atoms. The normalized spacial score (nSPS) is 17.5. The van der Waals surface area contributed by atoms with Gasteiger partial charge in [0.25, 0.3) is 5.91 Å². The van der Waals surface area contributed by atoms with Crippen molar-refractivity contribution in [2.24, 2.45) is 4.99 Å². The molecule has 2 aromatic heterocycles. The van der Waals surface area contributed by atoms with E-state index in [9.17, 15) is 4.79 Å². The molecule has 0 N–H and O–H groups in total. The maximum Gasteiger partial charge on any atom is 0.267 e.